The number of ether oxygens (including phenoxy) is 3. The van der Waals surface area contributed by atoms with E-state index in [9.17, 15) is 14.4 Å². The maximum absolute atomic E-state index is 12.9. The van der Waals surface area contributed by atoms with Gasteiger partial charge in [-0.1, -0.05) is 295 Å². The highest BCUT2D eigenvalue weighted by Gasteiger charge is 2.19. The van der Waals surface area contributed by atoms with Gasteiger partial charge in [0, 0.05) is 19.3 Å². The molecule has 0 heterocycles. The quantitative estimate of drug-likeness (QED) is 0.0261. The average molecular weight is 1030 g/mol. The van der Waals surface area contributed by atoms with E-state index in [0.717, 1.165) is 77.0 Å². The van der Waals surface area contributed by atoms with Crippen molar-refractivity contribution < 1.29 is 28.6 Å². The molecule has 0 rings (SSSR count). The molecule has 0 saturated heterocycles. The SMILES string of the molecule is CCCCC/C=C\C/C=C\CCCCCCCC(=O)OC[C@H](COC(=O)CCCCCCCCCCCCCCCCCCCCCCC)OC(=O)CCCCCCCCCCC/C=C\CCCCCCCC. The third-order valence-corrected chi connectivity index (χ3v) is 14.6. The lowest BCUT2D eigenvalue weighted by molar-refractivity contribution is -0.167. The van der Waals surface area contributed by atoms with Crippen LogP contribution in [0.1, 0.15) is 355 Å². The van der Waals surface area contributed by atoms with E-state index >= 15 is 0 Å². The molecule has 0 aliphatic heterocycles. The molecule has 6 heteroatoms. The van der Waals surface area contributed by atoms with Gasteiger partial charge in [0.2, 0.25) is 0 Å². The van der Waals surface area contributed by atoms with Crippen LogP contribution >= 0.6 is 0 Å². The first-order valence-electron chi connectivity index (χ1n) is 32.5. The van der Waals surface area contributed by atoms with Crippen LogP contribution in [0.3, 0.4) is 0 Å². The van der Waals surface area contributed by atoms with E-state index in [-0.39, 0.29) is 31.1 Å². The number of hydrogen-bond donors (Lipinski definition) is 0. The summed E-state index contributed by atoms with van der Waals surface area (Å²) in [7, 11) is 0. The molecule has 1 atom stereocenters. The van der Waals surface area contributed by atoms with Gasteiger partial charge in [-0.15, -0.1) is 0 Å². The maximum Gasteiger partial charge on any atom is 0.306 e. The molecule has 0 aromatic rings. The molecule has 0 N–H and O–H groups in total. The molecule has 0 amide bonds. The maximum atomic E-state index is 12.9. The smallest absolute Gasteiger partial charge is 0.306 e. The van der Waals surface area contributed by atoms with Gasteiger partial charge in [-0.3, -0.25) is 14.4 Å². The molecule has 73 heavy (non-hydrogen) atoms. The Kier molecular flexibility index (Phi) is 60.2. The van der Waals surface area contributed by atoms with Crippen LogP contribution in [0.4, 0.5) is 0 Å². The second kappa shape index (κ2) is 62.2. The lowest BCUT2D eigenvalue weighted by Crippen LogP contribution is -2.30. The second-order valence-electron chi connectivity index (χ2n) is 22.0. The number of carbonyl (C=O) groups is 3. The van der Waals surface area contributed by atoms with Crippen molar-refractivity contribution in [1.82, 2.24) is 0 Å². The molecule has 0 aliphatic rings. The highest BCUT2D eigenvalue weighted by atomic mass is 16.6. The molecule has 428 valence electrons. The Labute approximate surface area is 455 Å². The summed E-state index contributed by atoms with van der Waals surface area (Å²) in [4.78, 5) is 38.3. The highest BCUT2D eigenvalue weighted by molar-refractivity contribution is 5.71. The summed E-state index contributed by atoms with van der Waals surface area (Å²) >= 11 is 0. The molecule has 0 aromatic carbocycles. The largest absolute Gasteiger partial charge is 0.462 e. The standard InChI is InChI=1S/C67H124O6/c1-4-7-10-13-16-19-22-25-28-30-32-33-35-36-39-42-45-48-51-54-57-60-66(69)72-63-64(62-71-65(68)59-56-53-50-47-44-41-38-27-24-21-18-15-12-9-6-3)73-67(70)61-58-55-52-49-46-43-40-37-34-31-29-26-23-20-17-14-11-8-5-2/h18,21,26-27,29,38,64H,4-17,19-20,22-25,28,30-37,39-63H2,1-3H3/b21-18-,29-26-,38-27-/t64-/m1/s1. The van der Waals surface area contributed by atoms with Crippen molar-refractivity contribution in [1.29, 1.82) is 0 Å². The van der Waals surface area contributed by atoms with E-state index in [0.29, 0.717) is 19.3 Å². The molecule has 0 aliphatic carbocycles. The Balaban J connectivity index is 4.32. The fourth-order valence-electron chi connectivity index (χ4n) is 9.71. The van der Waals surface area contributed by atoms with E-state index < -0.39 is 6.10 Å². The molecule has 0 spiro atoms. The van der Waals surface area contributed by atoms with Crippen LogP contribution in [0.25, 0.3) is 0 Å². The number of rotatable bonds is 60. The van der Waals surface area contributed by atoms with E-state index in [1.165, 1.54) is 238 Å². The number of esters is 3. The van der Waals surface area contributed by atoms with Crippen LogP contribution in [0.2, 0.25) is 0 Å². The molecule has 0 bridgehead atoms. The van der Waals surface area contributed by atoms with Crippen LogP contribution < -0.4 is 0 Å². The monoisotopic (exact) mass is 1020 g/mol. The second-order valence-corrected chi connectivity index (χ2v) is 22.0. The van der Waals surface area contributed by atoms with Gasteiger partial charge in [-0.05, 0) is 77.0 Å². The highest BCUT2D eigenvalue weighted by Crippen LogP contribution is 2.18. The van der Waals surface area contributed by atoms with Gasteiger partial charge >= 0.3 is 17.9 Å². The Morgan fingerprint density at radius 3 is 0.795 bits per heavy atom. The minimum absolute atomic E-state index is 0.0731. The molecule has 6 nitrogen and oxygen atoms in total. The zero-order valence-electron chi connectivity index (χ0n) is 49.2. The summed E-state index contributed by atoms with van der Waals surface area (Å²) in [6, 6.07) is 0. The van der Waals surface area contributed by atoms with Crippen molar-refractivity contribution in [2.75, 3.05) is 13.2 Å². The molecule has 0 radical (unpaired) electrons. The van der Waals surface area contributed by atoms with Crippen molar-refractivity contribution >= 4 is 17.9 Å². The van der Waals surface area contributed by atoms with Crippen molar-refractivity contribution in [3.63, 3.8) is 0 Å². The van der Waals surface area contributed by atoms with Crippen molar-refractivity contribution in [3.05, 3.63) is 36.5 Å². The summed E-state index contributed by atoms with van der Waals surface area (Å²) in [5, 5.41) is 0. The summed E-state index contributed by atoms with van der Waals surface area (Å²) in [6.45, 7) is 6.66. The van der Waals surface area contributed by atoms with E-state index in [2.05, 4.69) is 57.2 Å². The number of carbonyl (C=O) groups excluding carboxylic acids is 3. The summed E-state index contributed by atoms with van der Waals surface area (Å²) < 4.78 is 16.9. The number of hydrogen-bond acceptors (Lipinski definition) is 6. The van der Waals surface area contributed by atoms with Crippen molar-refractivity contribution in [3.8, 4) is 0 Å². The van der Waals surface area contributed by atoms with Gasteiger partial charge in [-0.2, -0.15) is 0 Å². The predicted molar refractivity (Wildman–Crippen MR) is 316 cm³/mol. The number of allylic oxidation sites excluding steroid dienone is 6. The average Bonchev–Trinajstić information content (AvgIpc) is 3.39. The van der Waals surface area contributed by atoms with Crippen molar-refractivity contribution in [2.45, 2.75) is 361 Å². The predicted octanol–water partition coefficient (Wildman–Crippen LogP) is 22.0. The van der Waals surface area contributed by atoms with Crippen LogP contribution in [0.5, 0.6) is 0 Å². The topological polar surface area (TPSA) is 78.9 Å². The van der Waals surface area contributed by atoms with Gasteiger partial charge in [0.05, 0.1) is 0 Å². The molecule has 0 unspecified atom stereocenters. The first kappa shape index (κ1) is 70.6. The van der Waals surface area contributed by atoms with Crippen LogP contribution in [0.15, 0.2) is 36.5 Å². The van der Waals surface area contributed by atoms with Gasteiger partial charge < -0.3 is 14.2 Å². The molecule has 0 saturated carbocycles. The first-order chi connectivity index (χ1) is 36.0. The molecular weight excluding hydrogens is 901 g/mol. The Hall–Kier alpha value is -2.37. The zero-order chi connectivity index (χ0) is 52.9. The van der Waals surface area contributed by atoms with Gasteiger partial charge in [0.25, 0.3) is 0 Å². The number of unbranched alkanes of at least 4 members (excludes halogenated alkanes) is 43. The Morgan fingerprint density at radius 2 is 0.493 bits per heavy atom. The summed E-state index contributed by atoms with van der Waals surface area (Å²) in [5.74, 6) is -0.865. The third-order valence-electron chi connectivity index (χ3n) is 14.6. The molecule has 0 aromatic heterocycles. The van der Waals surface area contributed by atoms with Crippen molar-refractivity contribution in [2.24, 2.45) is 0 Å². The minimum Gasteiger partial charge on any atom is -0.462 e. The third kappa shape index (κ3) is 60.4. The van der Waals surface area contributed by atoms with Crippen LogP contribution in [-0.4, -0.2) is 37.2 Å². The summed E-state index contributed by atoms with van der Waals surface area (Å²) in [5.41, 5.74) is 0. The van der Waals surface area contributed by atoms with E-state index in [1.54, 1.807) is 0 Å². The van der Waals surface area contributed by atoms with Gasteiger partial charge in [-0.25, -0.2) is 0 Å². The zero-order valence-corrected chi connectivity index (χ0v) is 49.2. The Morgan fingerprint density at radius 1 is 0.274 bits per heavy atom. The van der Waals surface area contributed by atoms with Gasteiger partial charge in [0.1, 0.15) is 13.2 Å². The molecular formula is C67H124O6. The lowest BCUT2D eigenvalue weighted by atomic mass is 10.0. The Bertz CT molecular complexity index is 1220. The van der Waals surface area contributed by atoms with E-state index in [4.69, 9.17) is 14.2 Å². The lowest BCUT2D eigenvalue weighted by Gasteiger charge is -2.18. The first-order valence-corrected chi connectivity index (χ1v) is 32.5. The minimum atomic E-state index is -0.777. The normalized spacial score (nSPS) is 12.2. The summed E-state index contributed by atoms with van der Waals surface area (Å²) in [6.07, 6.45) is 75.8. The fourth-order valence-corrected chi connectivity index (χ4v) is 9.71. The van der Waals surface area contributed by atoms with Crippen LogP contribution in [0, 0.1) is 0 Å². The van der Waals surface area contributed by atoms with Gasteiger partial charge in [0.15, 0.2) is 6.10 Å². The fraction of sp³-hybridized carbons (Fsp3) is 0.866. The molecule has 0 fully saturated rings. The van der Waals surface area contributed by atoms with Crippen LogP contribution in [-0.2, 0) is 28.6 Å². The van der Waals surface area contributed by atoms with E-state index in [1.807, 2.05) is 0 Å².